The van der Waals surface area contributed by atoms with Crippen LogP contribution >= 0.6 is 0 Å². The summed E-state index contributed by atoms with van der Waals surface area (Å²) in [5.74, 6) is 0.243. The monoisotopic (exact) mass is 263 g/mol. The molecule has 0 spiro atoms. The van der Waals surface area contributed by atoms with Crippen LogP contribution < -0.4 is 10.5 Å². The molecule has 0 saturated heterocycles. The van der Waals surface area contributed by atoms with Gasteiger partial charge in [0.05, 0.1) is 18.5 Å². The van der Waals surface area contributed by atoms with E-state index < -0.39 is 5.82 Å². The largest absolute Gasteiger partial charge is 0.494 e. The average Bonchev–Trinajstić information content (AvgIpc) is 2.71. The fourth-order valence-corrected chi connectivity index (χ4v) is 1.76. The van der Waals surface area contributed by atoms with Crippen molar-refractivity contribution in [3.63, 3.8) is 0 Å². The van der Waals surface area contributed by atoms with Gasteiger partial charge in [0.1, 0.15) is 5.82 Å². The van der Waals surface area contributed by atoms with Crippen LogP contribution in [0, 0.1) is 5.82 Å². The molecule has 0 radical (unpaired) electrons. The summed E-state index contributed by atoms with van der Waals surface area (Å²) in [6.07, 6.45) is 0. The third kappa shape index (κ3) is 2.54. The van der Waals surface area contributed by atoms with Crippen molar-refractivity contribution in [3.05, 3.63) is 35.8 Å². The van der Waals surface area contributed by atoms with E-state index in [1.807, 2.05) is 26.8 Å². The van der Waals surface area contributed by atoms with Crippen LogP contribution in [0.5, 0.6) is 5.75 Å². The highest BCUT2D eigenvalue weighted by Gasteiger charge is 2.19. The minimum absolute atomic E-state index is 0.107. The van der Waals surface area contributed by atoms with Gasteiger partial charge in [0.2, 0.25) is 0 Å². The van der Waals surface area contributed by atoms with Gasteiger partial charge in [-0.1, -0.05) is 20.8 Å². The number of rotatable bonds is 2. The molecule has 0 atom stereocenters. The van der Waals surface area contributed by atoms with Crippen LogP contribution in [0.15, 0.2) is 24.3 Å². The highest BCUT2D eigenvalue weighted by Crippen LogP contribution is 2.26. The van der Waals surface area contributed by atoms with E-state index in [4.69, 9.17) is 10.5 Å². The zero-order chi connectivity index (χ0) is 14.2. The summed E-state index contributed by atoms with van der Waals surface area (Å²) in [5.41, 5.74) is 7.27. The van der Waals surface area contributed by atoms with Gasteiger partial charge >= 0.3 is 0 Å². The second-order valence-electron chi connectivity index (χ2n) is 5.44. The number of ether oxygens (including phenoxy) is 1. The molecule has 0 aliphatic rings. The molecular weight excluding hydrogens is 245 g/mol. The lowest BCUT2D eigenvalue weighted by Crippen LogP contribution is -2.12. The first-order chi connectivity index (χ1) is 8.82. The summed E-state index contributed by atoms with van der Waals surface area (Å²) < 4.78 is 20.1. The van der Waals surface area contributed by atoms with Crippen LogP contribution in [-0.2, 0) is 5.41 Å². The maximum absolute atomic E-state index is 13.7. The second-order valence-corrected chi connectivity index (χ2v) is 5.44. The van der Waals surface area contributed by atoms with Crippen molar-refractivity contribution in [1.29, 1.82) is 0 Å². The molecule has 1 aromatic carbocycles. The molecule has 0 bridgehead atoms. The SMILES string of the molecule is COc1ccc(-n2nc(C(C)(C)C)cc2N)cc1F. The smallest absolute Gasteiger partial charge is 0.167 e. The van der Waals surface area contributed by atoms with Crippen molar-refractivity contribution in [1.82, 2.24) is 9.78 Å². The molecule has 0 saturated carbocycles. The number of anilines is 1. The van der Waals surface area contributed by atoms with E-state index in [-0.39, 0.29) is 11.2 Å². The lowest BCUT2D eigenvalue weighted by atomic mass is 9.92. The van der Waals surface area contributed by atoms with Crippen LogP contribution in [0.3, 0.4) is 0 Å². The zero-order valence-electron chi connectivity index (χ0n) is 11.6. The van der Waals surface area contributed by atoms with Gasteiger partial charge in [0.15, 0.2) is 11.6 Å². The standard InChI is InChI=1S/C14H18FN3O/c1-14(2,3)12-8-13(16)18(17-12)9-5-6-11(19-4)10(15)7-9/h5-8H,16H2,1-4H3. The lowest BCUT2D eigenvalue weighted by molar-refractivity contribution is 0.386. The van der Waals surface area contributed by atoms with E-state index in [1.54, 1.807) is 12.1 Å². The summed E-state index contributed by atoms with van der Waals surface area (Å²) in [6.45, 7) is 6.15. The molecule has 0 amide bonds. The topological polar surface area (TPSA) is 53.1 Å². The van der Waals surface area contributed by atoms with Gasteiger partial charge in [0.25, 0.3) is 0 Å². The molecule has 1 aromatic heterocycles. The minimum Gasteiger partial charge on any atom is -0.494 e. The average molecular weight is 263 g/mol. The fourth-order valence-electron chi connectivity index (χ4n) is 1.76. The van der Waals surface area contributed by atoms with Gasteiger partial charge in [-0.15, -0.1) is 0 Å². The van der Waals surface area contributed by atoms with E-state index in [9.17, 15) is 4.39 Å². The van der Waals surface area contributed by atoms with Gasteiger partial charge in [-0.05, 0) is 12.1 Å². The van der Waals surface area contributed by atoms with Gasteiger partial charge in [-0.2, -0.15) is 5.10 Å². The molecule has 5 heteroatoms. The van der Waals surface area contributed by atoms with Crippen LogP contribution in [0.1, 0.15) is 26.5 Å². The summed E-state index contributed by atoms with van der Waals surface area (Å²) in [4.78, 5) is 0. The molecule has 2 aromatic rings. The molecule has 4 nitrogen and oxygen atoms in total. The summed E-state index contributed by atoms with van der Waals surface area (Å²) in [5, 5.41) is 4.43. The first kappa shape index (κ1) is 13.4. The Morgan fingerprint density at radius 2 is 1.95 bits per heavy atom. The predicted octanol–water partition coefficient (Wildman–Crippen LogP) is 2.90. The highest BCUT2D eigenvalue weighted by molar-refractivity contribution is 5.46. The first-order valence-corrected chi connectivity index (χ1v) is 6.03. The molecule has 102 valence electrons. The summed E-state index contributed by atoms with van der Waals surface area (Å²) >= 11 is 0. The second kappa shape index (κ2) is 4.57. The van der Waals surface area contributed by atoms with Crippen molar-refractivity contribution in [2.45, 2.75) is 26.2 Å². The normalized spacial score (nSPS) is 11.6. The Morgan fingerprint density at radius 1 is 1.26 bits per heavy atom. The minimum atomic E-state index is -0.438. The molecular formula is C14H18FN3O. The number of benzene rings is 1. The van der Waals surface area contributed by atoms with Crippen LogP contribution in [0.25, 0.3) is 5.69 Å². The van der Waals surface area contributed by atoms with Gasteiger partial charge in [0, 0.05) is 17.5 Å². The van der Waals surface area contributed by atoms with Crippen LogP contribution in [0.4, 0.5) is 10.2 Å². The van der Waals surface area contributed by atoms with Crippen LogP contribution in [-0.4, -0.2) is 16.9 Å². The molecule has 0 aliphatic carbocycles. The first-order valence-electron chi connectivity index (χ1n) is 6.03. The van der Waals surface area contributed by atoms with Gasteiger partial charge < -0.3 is 10.5 Å². The summed E-state index contributed by atoms with van der Waals surface area (Å²) in [7, 11) is 1.43. The molecule has 1 heterocycles. The number of hydrogen-bond acceptors (Lipinski definition) is 3. The predicted molar refractivity (Wildman–Crippen MR) is 73.2 cm³/mol. The maximum Gasteiger partial charge on any atom is 0.167 e. The number of aromatic nitrogens is 2. The fraction of sp³-hybridized carbons (Fsp3) is 0.357. The Morgan fingerprint density at radius 3 is 2.42 bits per heavy atom. The number of methoxy groups -OCH3 is 1. The van der Waals surface area contributed by atoms with Crippen molar-refractivity contribution in [2.75, 3.05) is 12.8 Å². The molecule has 2 N–H and O–H groups in total. The third-order valence-corrected chi connectivity index (χ3v) is 2.89. The van der Waals surface area contributed by atoms with Crippen LogP contribution in [0.2, 0.25) is 0 Å². The number of halogens is 1. The molecule has 0 aliphatic heterocycles. The van der Waals surface area contributed by atoms with Crippen molar-refractivity contribution in [3.8, 4) is 11.4 Å². The van der Waals surface area contributed by atoms with Crippen molar-refractivity contribution < 1.29 is 9.13 Å². The van der Waals surface area contributed by atoms with E-state index in [0.717, 1.165) is 5.69 Å². The van der Waals surface area contributed by atoms with E-state index in [0.29, 0.717) is 11.5 Å². The molecule has 0 unspecified atom stereocenters. The number of nitrogens with two attached hydrogens (primary N) is 1. The Kier molecular flexibility index (Phi) is 3.22. The zero-order valence-corrected chi connectivity index (χ0v) is 11.6. The quantitative estimate of drug-likeness (QED) is 0.906. The Hall–Kier alpha value is -2.04. The Balaban J connectivity index is 2.48. The van der Waals surface area contributed by atoms with E-state index in [2.05, 4.69) is 5.10 Å². The van der Waals surface area contributed by atoms with Crippen molar-refractivity contribution in [2.24, 2.45) is 0 Å². The Labute approximate surface area is 112 Å². The third-order valence-electron chi connectivity index (χ3n) is 2.89. The van der Waals surface area contributed by atoms with Gasteiger partial charge in [-0.25, -0.2) is 9.07 Å². The highest BCUT2D eigenvalue weighted by atomic mass is 19.1. The molecule has 2 rings (SSSR count). The van der Waals surface area contributed by atoms with E-state index >= 15 is 0 Å². The number of nitrogen functional groups attached to an aromatic ring is 1. The van der Waals surface area contributed by atoms with E-state index in [1.165, 1.54) is 17.9 Å². The Bertz CT molecular complexity index is 599. The number of hydrogen-bond donors (Lipinski definition) is 1. The molecule has 19 heavy (non-hydrogen) atoms. The number of nitrogens with zero attached hydrogens (tertiary/aromatic N) is 2. The maximum atomic E-state index is 13.7. The van der Waals surface area contributed by atoms with Gasteiger partial charge in [-0.3, -0.25) is 0 Å². The lowest BCUT2D eigenvalue weighted by Gasteiger charge is -2.14. The summed E-state index contributed by atoms with van der Waals surface area (Å²) in [6, 6.07) is 6.44. The molecule has 0 fully saturated rings. The van der Waals surface area contributed by atoms with Crippen molar-refractivity contribution >= 4 is 5.82 Å².